The van der Waals surface area contributed by atoms with E-state index in [0.717, 1.165) is 29.2 Å². The highest BCUT2D eigenvalue weighted by Gasteiger charge is 2.15. The molecule has 1 heterocycles. The van der Waals surface area contributed by atoms with Gasteiger partial charge in [-0.25, -0.2) is 9.37 Å². The summed E-state index contributed by atoms with van der Waals surface area (Å²) < 4.78 is 13.1. The van der Waals surface area contributed by atoms with Gasteiger partial charge in [-0.3, -0.25) is 0 Å². The highest BCUT2D eigenvalue weighted by molar-refractivity contribution is 5.74. The van der Waals surface area contributed by atoms with Gasteiger partial charge in [-0.1, -0.05) is 32.1 Å². The molecule has 2 nitrogen and oxygen atoms in total. The van der Waals surface area contributed by atoms with Gasteiger partial charge in [0, 0.05) is 6.42 Å². The van der Waals surface area contributed by atoms with Crippen LogP contribution in [0.4, 0.5) is 4.39 Å². The summed E-state index contributed by atoms with van der Waals surface area (Å²) in [5.74, 6) is 1.57. The van der Waals surface area contributed by atoms with Crippen LogP contribution in [0.3, 0.4) is 0 Å². The lowest BCUT2D eigenvalue weighted by molar-refractivity contribution is 0.352. The summed E-state index contributed by atoms with van der Waals surface area (Å²) in [5.41, 5.74) is 1.69. The van der Waals surface area contributed by atoms with E-state index in [0.29, 0.717) is 0 Å². The summed E-state index contributed by atoms with van der Waals surface area (Å²) in [6.45, 7) is 0. The molecule has 0 aliphatic heterocycles. The second kappa shape index (κ2) is 4.47. The number of nitrogens with zero attached hydrogens (tertiary/aromatic N) is 1. The number of halogens is 1. The van der Waals surface area contributed by atoms with Gasteiger partial charge < -0.3 is 4.98 Å². The lowest BCUT2D eigenvalue weighted by atomic mass is 9.87. The molecule has 1 aromatic heterocycles. The second-order valence-electron chi connectivity index (χ2n) is 5.05. The number of aromatic nitrogens is 2. The van der Waals surface area contributed by atoms with Crippen molar-refractivity contribution in [1.29, 1.82) is 0 Å². The minimum Gasteiger partial charge on any atom is -0.342 e. The third-order valence-electron chi connectivity index (χ3n) is 3.70. The number of benzene rings is 1. The van der Waals surface area contributed by atoms with Gasteiger partial charge in [0.05, 0.1) is 11.0 Å². The monoisotopic (exact) mass is 232 g/mol. The highest BCUT2D eigenvalue weighted by atomic mass is 19.1. The van der Waals surface area contributed by atoms with E-state index < -0.39 is 0 Å². The lowest BCUT2D eigenvalue weighted by Crippen LogP contribution is -2.10. The van der Waals surface area contributed by atoms with Crippen LogP contribution in [0, 0.1) is 11.7 Å². The molecule has 0 amide bonds. The van der Waals surface area contributed by atoms with Crippen LogP contribution in [0.25, 0.3) is 11.0 Å². The lowest BCUT2D eigenvalue weighted by Gasteiger charge is -2.20. The van der Waals surface area contributed by atoms with Crippen molar-refractivity contribution in [2.45, 2.75) is 38.5 Å². The third-order valence-corrected chi connectivity index (χ3v) is 3.70. The van der Waals surface area contributed by atoms with E-state index in [1.54, 1.807) is 6.07 Å². The number of imidazole rings is 1. The van der Waals surface area contributed by atoms with Crippen molar-refractivity contribution in [3.05, 3.63) is 29.8 Å². The summed E-state index contributed by atoms with van der Waals surface area (Å²) >= 11 is 0. The molecular weight excluding hydrogens is 215 g/mol. The van der Waals surface area contributed by atoms with E-state index >= 15 is 0 Å². The molecular formula is C14H17FN2. The van der Waals surface area contributed by atoms with Gasteiger partial charge >= 0.3 is 0 Å². The average Bonchev–Trinajstić information content (AvgIpc) is 2.71. The Morgan fingerprint density at radius 1 is 1.24 bits per heavy atom. The zero-order chi connectivity index (χ0) is 11.7. The fourth-order valence-electron chi connectivity index (χ4n) is 2.80. The summed E-state index contributed by atoms with van der Waals surface area (Å²) in [6, 6.07) is 4.73. The molecule has 1 saturated carbocycles. The standard InChI is InChI=1S/C14H17FN2/c15-11-6-7-12-13(9-11)17-14(16-12)8-10-4-2-1-3-5-10/h6-7,9-10H,1-5,8H2,(H,16,17). The maximum Gasteiger partial charge on any atom is 0.125 e. The van der Waals surface area contributed by atoms with Crippen LogP contribution in [0.2, 0.25) is 0 Å². The number of hydrogen-bond acceptors (Lipinski definition) is 1. The van der Waals surface area contributed by atoms with Crippen molar-refractivity contribution in [2.24, 2.45) is 5.92 Å². The normalized spacial score (nSPS) is 17.7. The molecule has 0 radical (unpaired) electrons. The fraction of sp³-hybridized carbons (Fsp3) is 0.500. The summed E-state index contributed by atoms with van der Waals surface area (Å²) in [5, 5.41) is 0. The number of fused-ring (bicyclic) bond motifs is 1. The van der Waals surface area contributed by atoms with Gasteiger partial charge in [0.1, 0.15) is 11.6 Å². The van der Waals surface area contributed by atoms with E-state index in [1.165, 1.54) is 44.2 Å². The molecule has 1 aromatic carbocycles. The Bertz CT molecular complexity index is 512. The maximum absolute atomic E-state index is 13.1. The minimum absolute atomic E-state index is 0.203. The van der Waals surface area contributed by atoms with E-state index in [-0.39, 0.29) is 5.82 Å². The first-order valence-corrected chi connectivity index (χ1v) is 6.45. The van der Waals surface area contributed by atoms with Gasteiger partial charge in [0.15, 0.2) is 0 Å². The number of H-pyrrole nitrogens is 1. The van der Waals surface area contributed by atoms with E-state index in [4.69, 9.17) is 0 Å². The van der Waals surface area contributed by atoms with Gasteiger partial charge in [-0.05, 0) is 24.1 Å². The largest absolute Gasteiger partial charge is 0.342 e. The Morgan fingerprint density at radius 3 is 2.88 bits per heavy atom. The predicted molar refractivity (Wildman–Crippen MR) is 66.3 cm³/mol. The molecule has 2 aromatic rings. The molecule has 90 valence electrons. The summed E-state index contributed by atoms with van der Waals surface area (Å²) in [7, 11) is 0. The molecule has 3 heteroatoms. The molecule has 0 atom stereocenters. The summed E-state index contributed by atoms with van der Waals surface area (Å²) in [4.78, 5) is 7.76. The van der Waals surface area contributed by atoms with Gasteiger partial charge in [-0.15, -0.1) is 0 Å². The van der Waals surface area contributed by atoms with Crippen molar-refractivity contribution in [2.75, 3.05) is 0 Å². The van der Waals surface area contributed by atoms with Crippen LogP contribution in [-0.2, 0) is 6.42 Å². The number of hydrogen-bond donors (Lipinski definition) is 1. The second-order valence-corrected chi connectivity index (χ2v) is 5.05. The van der Waals surface area contributed by atoms with Gasteiger partial charge in [0.25, 0.3) is 0 Å². The Hall–Kier alpha value is -1.38. The average molecular weight is 232 g/mol. The van der Waals surface area contributed by atoms with Crippen molar-refractivity contribution in [3.63, 3.8) is 0 Å². The number of rotatable bonds is 2. The Labute approximate surface area is 100 Å². The third kappa shape index (κ3) is 2.33. The molecule has 1 aliphatic carbocycles. The Balaban J connectivity index is 1.80. The van der Waals surface area contributed by atoms with Gasteiger partial charge in [-0.2, -0.15) is 0 Å². The van der Waals surface area contributed by atoms with Gasteiger partial charge in [0.2, 0.25) is 0 Å². The zero-order valence-electron chi connectivity index (χ0n) is 9.88. The molecule has 0 bridgehead atoms. The first kappa shape index (κ1) is 10.8. The molecule has 1 N–H and O–H groups in total. The molecule has 1 fully saturated rings. The SMILES string of the molecule is Fc1ccc2nc(CC3CCCCC3)[nH]c2c1. The molecule has 3 rings (SSSR count). The predicted octanol–water partition coefficient (Wildman–Crippen LogP) is 3.82. The van der Waals surface area contributed by atoms with Crippen molar-refractivity contribution in [1.82, 2.24) is 9.97 Å². The zero-order valence-corrected chi connectivity index (χ0v) is 9.88. The topological polar surface area (TPSA) is 28.7 Å². The van der Waals surface area contributed by atoms with E-state index in [2.05, 4.69) is 9.97 Å². The fourth-order valence-corrected chi connectivity index (χ4v) is 2.80. The van der Waals surface area contributed by atoms with Crippen LogP contribution in [0.1, 0.15) is 37.9 Å². The maximum atomic E-state index is 13.1. The van der Waals surface area contributed by atoms with Crippen LogP contribution in [0.5, 0.6) is 0 Å². The molecule has 0 saturated heterocycles. The number of aromatic amines is 1. The number of nitrogens with one attached hydrogen (secondary N) is 1. The highest BCUT2D eigenvalue weighted by Crippen LogP contribution is 2.26. The smallest absolute Gasteiger partial charge is 0.125 e. The Kier molecular flexibility index (Phi) is 2.83. The first-order valence-electron chi connectivity index (χ1n) is 6.45. The Morgan fingerprint density at radius 2 is 2.06 bits per heavy atom. The molecule has 1 aliphatic rings. The van der Waals surface area contributed by atoms with Crippen LogP contribution >= 0.6 is 0 Å². The molecule has 0 spiro atoms. The molecule has 17 heavy (non-hydrogen) atoms. The van der Waals surface area contributed by atoms with Crippen molar-refractivity contribution >= 4 is 11.0 Å². The quantitative estimate of drug-likeness (QED) is 0.837. The van der Waals surface area contributed by atoms with E-state index in [9.17, 15) is 4.39 Å². The first-order chi connectivity index (χ1) is 8.31. The van der Waals surface area contributed by atoms with Crippen molar-refractivity contribution < 1.29 is 4.39 Å². The summed E-state index contributed by atoms with van der Waals surface area (Å²) in [6.07, 6.45) is 7.70. The van der Waals surface area contributed by atoms with Crippen LogP contribution in [0.15, 0.2) is 18.2 Å². The van der Waals surface area contributed by atoms with Crippen LogP contribution < -0.4 is 0 Å². The molecule has 0 unspecified atom stereocenters. The van der Waals surface area contributed by atoms with Crippen molar-refractivity contribution in [3.8, 4) is 0 Å². The minimum atomic E-state index is -0.203. The van der Waals surface area contributed by atoms with E-state index in [1.807, 2.05) is 0 Å². The van der Waals surface area contributed by atoms with Crippen LogP contribution in [-0.4, -0.2) is 9.97 Å².